The van der Waals surface area contributed by atoms with Gasteiger partial charge in [-0.2, -0.15) is 0 Å². The van der Waals surface area contributed by atoms with E-state index in [1.165, 1.54) is 0 Å². The van der Waals surface area contributed by atoms with E-state index >= 15 is 0 Å². The van der Waals surface area contributed by atoms with E-state index in [1.807, 2.05) is 58.0 Å². The van der Waals surface area contributed by atoms with Crippen LogP contribution in [0.4, 0.5) is 0 Å². The number of rotatable bonds is 12. The van der Waals surface area contributed by atoms with Gasteiger partial charge in [-0.3, -0.25) is 0 Å². The number of aromatic nitrogens is 1. The summed E-state index contributed by atoms with van der Waals surface area (Å²) in [5.74, 6) is 0.393. The van der Waals surface area contributed by atoms with Gasteiger partial charge in [0, 0.05) is 18.2 Å². The second-order valence-corrected chi connectivity index (χ2v) is 8.76. The highest BCUT2D eigenvalue weighted by molar-refractivity contribution is 5.96. The first-order valence-corrected chi connectivity index (χ1v) is 11.2. The van der Waals surface area contributed by atoms with Crippen LogP contribution in [0.3, 0.4) is 0 Å². The number of nitrogens with zero attached hydrogens (tertiary/aromatic N) is 1. The standard InChI is InChI=1S/C26H35NO4/c1-20-21(22-15-13-17-27-24(22)25(29)31-26(2,3)4)14-12-16-23(20)30-19-11-9-7-5-6-8-10-18-28/h12-18H,5-11,19H2,1-4H3. The minimum absolute atomic E-state index is 0.312. The quantitative estimate of drug-likeness (QED) is 0.226. The van der Waals surface area contributed by atoms with Crippen molar-refractivity contribution in [2.24, 2.45) is 0 Å². The van der Waals surface area contributed by atoms with E-state index < -0.39 is 11.6 Å². The molecule has 0 saturated carbocycles. The fraction of sp³-hybridized carbons (Fsp3) is 0.500. The molecule has 0 N–H and O–H groups in total. The molecule has 0 saturated heterocycles. The molecule has 0 amide bonds. The molecule has 2 aromatic rings. The molecule has 5 heteroatoms. The first-order chi connectivity index (χ1) is 14.8. The summed E-state index contributed by atoms with van der Waals surface area (Å²) in [4.78, 5) is 27.3. The lowest BCUT2D eigenvalue weighted by Crippen LogP contribution is -2.24. The van der Waals surface area contributed by atoms with Crippen molar-refractivity contribution in [3.63, 3.8) is 0 Å². The summed E-state index contributed by atoms with van der Waals surface area (Å²) in [5, 5.41) is 0. The van der Waals surface area contributed by atoms with Crippen molar-refractivity contribution in [3.8, 4) is 16.9 Å². The zero-order valence-electron chi connectivity index (χ0n) is 19.3. The molecule has 0 aliphatic carbocycles. The average Bonchev–Trinajstić information content (AvgIpc) is 2.72. The van der Waals surface area contributed by atoms with Crippen LogP contribution in [0.2, 0.25) is 0 Å². The molecule has 0 unspecified atom stereocenters. The third-order valence-electron chi connectivity index (χ3n) is 4.95. The van der Waals surface area contributed by atoms with E-state index in [1.54, 1.807) is 6.20 Å². The Hall–Kier alpha value is -2.69. The third kappa shape index (κ3) is 8.16. The van der Waals surface area contributed by atoms with Crippen molar-refractivity contribution in [1.82, 2.24) is 4.98 Å². The van der Waals surface area contributed by atoms with Gasteiger partial charge in [-0.15, -0.1) is 0 Å². The Bertz CT molecular complexity index is 855. The topological polar surface area (TPSA) is 65.5 Å². The molecular weight excluding hydrogens is 390 g/mol. The van der Waals surface area contributed by atoms with Gasteiger partial charge in [-0.25, -0.2) is 9.78 Å². The second-order valence-electron chi connectivity index (χ2n) is 8.76. The van der Waals surface area contributed by atoms with E-state index in [9.17, 15) is 9.59 Å². The van der Waals surface area contributed by atoms with Gasteiger partial charge in [-0.05, 0) is 63.8 Å². The number of pyridine rings is 1. The van der Waals surface area contributed by atoms with Gasteiger partial charge in [0.2, 0.25) is 0 Å². The van der Waals surface area contributed by atoms with Gasteiger partial charge in [0.1, 0.15) is 17.6 Å². The Morgan fingerprint density at radius 1 is 0.968 bits per heavy atom. The molecule has 5 nitrogen and oxygen atoms in total. The van der Waals surface area contributed by atoms with E-state index in [0.29, 0.717) is 18.7 Å². The number of benzene rings is 1. The zero-order chi connectivity index (χ0) is 22.7. The number of carbonyl (C=O) groups is 2. The number of aldehydes is 1. The summed E-state index contributed by atoms with van der Waals surface area (Å²) in [6.45, 7) is 8.20. The van der Waals surface area contributed by atoms with Crippen molar-refractivity contribution in [3.05, 3.63) is 47.8 Å². The molecule has 1 aromatic carbocycles. The van der Waals surface area contributed by atoms with Gasteiger partial charge in [0.05, 0.1) is 6.61 Å². The van der Waals surface area contributed by atoms with Gasteiger partial charge >= 0.3 is 5.97 Å². The lowest BCUT2D eigenvalue weighted by molar-refractivity contribution is -0.107. The lowest BCUT2D eigenvalue weighted by atomic mass is 9.98. The molecule has 31 heavy (non-hydrogen) atoms. The fourth-order valence-electron chi connectivity index (χ4n) is 3.39. The van der Waals surface area contributed by atoms with Crippen LogP contribution in [0.5, 0.6) is 5.75 Å². The molecule has 0 spiro atoms. The van der Waals surface area contributed by atoms with Crippen molar-refractivity contribution in [2.75, 3.05) is 6.61 Å². The highest BCUT2D eigenvalue weighted by Crippen LogP contribution is 2.32. The van der Waals surface area contributed by atoms with Crippen LogP contribution < -0.4 is 4.74 Å². The molecule has 0 bridgehead atoms. The molecule has 0 fully saturated rings. The normalized spacial score (nSPS) is 11.2. The highest BCUT2D eigenvalue weighted by atomic mass is 16.6. The van der Waals surface area contributed by atoms with Crippen LogP contribution in [0, 0.1) is 6.92 Å². The maximum Gasteiger partial charge on any atom is 0.358 e. The molecule has 0 aliphatic rings. The predicted octanol–water partition coefficient (Wildman–Crippen LogP) is 6.32. The van der Waals surface area contributed by atoms with Crippen molar-refractivity contribution in [1.29, 1.82) is 0 Å². The number of carbonyl (C=O) groups excluding carboxylic acids is 2. The Labute approximate surface area is 186 Å². The van der Waals surface area contributed by atoms with Gasteiger partial charge < -0.3 is 14.3 Å². The maximum atomic E-state index is 12.7. The summed E-state index contributed by atoms with van der Waals surface area (Å²) in [7, 11) is 0. The van der Waals surface area contributed by atoms with E-state index in [4.69, 9.17) is 9.47 Å². The van der Waals surface area contributed by atoms with Crippen molar-refractivity contribution in [2.45, 2.75) is 78.2 Å². The minimum Gasteiger partial charge on any atom is -0.493 e. The van der Waals surface area contributed by atoms with E-state index in [0.717, 1.165) is 67.3 Å². The fourth-order valence-corrected chi connectivity index (χ4v) is 3.39. The molecule has 0 radical (unpaired) electrons. The first kappa shape index (κ1) is 24.6. The summed E-state index contributed by atoms with van der Waals surface area (Å²) in [5.41, 5.74) is 2.37. The second kappa shape index (κ2) is 12.2. The predicted molar refractivity (Wildman–Crippen MR) is 123 cm³/mol. The monoisotopic (exact) mass is 425 g/mol. The molecule has 0 atom stereocenters. The van der Waals surface area contributed by atoms with E-state index in [2.05, 4.69) is 4.98 Å². The number of unbranched alkanes of at least 4 members (excludes halogenated alkanes) is 6. The maximum absolute atomic E-state index is 12.7. The van der Waals surface area contributed by atoms with Crippen LogP contribution in [0.1, 0.15) is 81.8 Å². The lowest BCUT2D eigenvalue weighted by Gasteiger charge is -2.20. The van der Waals surface area contributed by atoms with Crippen LogP contribution >= 0.6 is 0 Å². The minimum atomic E-state index is -0.583. The van der Waals surface area contributed by atoms with Gasteiger partial charge in [-0.1, -0.05) is 43.9 Å². The van der Waals surface area contributed by atoms with Crippen LogP contribution in [0.25, 0.3) is 11.1 Å². The number of ether oxygens (including phenoxy) is 2. The van der Waals surface area contributed by atoms with Crippen LogP contribution in [-0.4, -0.2) is 29.4 Å². The van der Waals surface area contributed by atoms with Crippen LogP contribution in [-0.2, 0) is 9.53 Å². The highest BCUT2D eigenvalue weighted by Gasteiger charge is 2.23. The Balaban J connectivity index is 2.00. The molecule has 1 aromatic heterocycles. The number of esters is 1. The summed E-state index contributed by atoms with van der Waals surface area (Å²) in [6, 6.07) is 9.60. The number of hydrogen-bond acceptors (Lipinski definition) is 5. The molecular formula is C26H35NO4. The summed E-state index contributed by atoms with van der Waals surface area (Å²) < 4.78 is 11.6. The Kier molecular flexibility index (Phi) is 9.70. The summed E-state index contributed by atoms with van der Waals surface area (Å²) in [6.07, 6.45) is 9.82. The van der Waals surface area contributed by atoms with Crippen molar-refractivity contribution < 1.29 is 19.1 Å². The first-order valence-electron chi connectivity index (χ1n) is 11.2. The Morgan fingerprint density at radius 3 is 2.35 bits per heavy atom. The van der Waals surface area contributed by atoms with Crippen molar-refractivity contribution >= 4 is 12.3 Å². The molecule has 0 aliphatic heterocycles. The van der Waals surface area contributed by atoms with E-state index in [-0.39, 0.29) is 0 Å². The number of hydrogen-bond donors (Lipinski definition) is 0. The van der Waals surface area contributed by atoms with Crippen LogP contribution in [0.15, 0.2) is 36.5 Å². The van der Waals surface area contributed by atoms with Gasteiger partial charge in [0.15, 0.2) is 5.69 Å². The molecule has 1 heterocycles. The SMILES string of the molecule is Cc1c(OCCCCCCCCC=O)cccc1-c1cccnc1C(=O)OC(C)(C)C. The largest absolute Gasteiger partial charge is 0.493 e. The van der Waals surface area contributed by atoms with Gasteiger partial charge in [0.25, 0.3) is 0 Å². The molecule has 2 rings (SSSR count). The zero-order valence-corrected chi connectivity index (χ0v) is 19.3. The Morgan fingerprint density at radius 2 is 1.65 bits per heavy atom. The molecule has 168 valence electrons. The average molecular weight is 426 g/mol. The summed E-state index contributed by atoms with van der Waals surface area (Å²) >= 11 is 0. The smallest absolute Gasteiger partial charge is 0.358 e. The third-order valence-corrected chi connectivity index (χ3v) is 4.95.